The number of aliphatic carboxylic acids is 1. The van der Waals surface area contributed by atoms with Crippen LogP contribution < -0.4 is 5.32 Å². The van der Waals surface area contributed by atoms with E-state index in [1.54, 1.807) is 11.3 Å². The lowest BCUT2D eigenvalue weighted by Crippen LogP contribution is -2.65. The number of carbonyl (C=O) groups is 1. The Hall–Kier alpha value is -1.44. The minimum Gasteiger partial charge on any atom is -0.481 e. The van der Waals surface area contributed by atoms with E-state index >= 15 is 0 Å². The van der Waals surface area contributed by atoms with Gasteiger partial charge in [0.25, 0.3) is 0 Å². The summed E-state index contributed by atoms with van der Waals surface area (Å²) in [5, 5.41) is 27.1. The average Bonchev–Trinajstić information content (AvgIpc) is 3.32. The summed E-state index contributed by atoms with van der Waals surface area (Å²) >= 11 is 5.28. The molecule has 0 radical (unpaired) electrons. The van der Waals surface area contributed by atoms with Crippen LogP contribution >= 0.6 is 27.3 Å². The average molecular weight is 698 g/mol. The minimum atomic E-state index is -0.612. The second-order valence-corrected chi connectivity index (χ2v) is 19.5. The van der Waals surface area contributed by atoms with Crippen LogP contribution in [0.15, 0.2) is 34.3 Å². The highest BCUT2D eigenvalue weighted by Crippen LogP contribution is 2.75. The Bertz CT molecular complexity index is 1550. The van der Waals surface area contributed by atoms with E-state index in [9.17, 15) is 15.0 Å². The molecule has 5 aliphatic rings. The lowest BCUT2D eigenvalue weighted by Gasteiger charge is -2.70. The van der Waals surface area contributed by atoms with E-state index in [1.165, 1.54) is 5.57 Å². The summed E-state index contributed by atoms with van der Waals surface area (Å²) in [6.45, 7) is 15.4. The molecule has 45 heavy (non-hydrogen) atoms. The number of benzene rings is 1. The van der Waals surface area contributed by atoms with Crippen molar-refractivity contribution in [3.8, 4) is 0 Å². The number of anilines is 1. The zero-order valence-electron chi connectivity index (χ0n) is 28.1. The molecule has 1 aromatic carbocycles. The highest BCUT2D eigenvalue weighted by Gasteiger charge is 2.69. The van der Waals surface area contributed by atoms with Gasteiger partial charge in [0.2, 0.25) is 0 Å². The lowest BCUT2D eigenvalue weighted by molar-refractivity contribution is -0.204. The third-order valence-electron chi connectivity index (χ3n) is 15.2. The molecule has 0 spiro atoms. The zero-order chi connectivity index (χ0) is 32.2. The molecule has 5 aliphatic carbocycles. The number of carboxylic acid groups (broad SMARTS) is 1. The summed E-state index contributed by atoms with van der Waals surface area (Å²) in [5.41, 5.74) is 2.08. The van der Waals surface area contributed by atoms with Crippen molar-refractivity contribution in [1.29, 1.82) is 0 Å². The van der Waals surface area contributed by atoms with E-state index in [0.29, 0.717) is 11.8 Å². The van der Waals surface area contributed by atoms with Crippen LogP contribution in [0.4, 0.5) is 5.13 Å². The number of aliphatic hydroxyl groups is 1. The van der Waals surface area contributed by atoms with Gasteiger partial charge < -0.3 is 15.5 Å². The Morgan fingerprint density at radius 1 is 0.978 bits per heavy atom. The van der Waals surface area contributed by atoms with Gasteiger partial charge in [0.1, 0.15) is 0 Å². The second-order valence-electron chi connectivity index (χ2n) is 17.6. The Morgan fingerprint density at radius 3 is 2.49 bits per heavy atom. The number of rotatable bonds is 4. The van der Waals surface area contributed by atoms with Gasteiger partial charge in [-0.05, 0) is 128 Å². The summed E-state index contributed by atoms with van der Waals surface area (Å²) in [7, 11) is 0. The third-order valence-corrected chi connectivity index (χ3v) is 16.6. The maximum Gasteiger partial charge on any atom is 0.310 e. The van der Waals surface area contributed by atoms with Crippen LogP contribution in [-0.4, -0.2) is 33.8 Å². The van der Waals surface area contributed by atoms with E-state index < -0.39 is 11.4 Å². The third kappa shape index (κ3) is 4.59. The largest absolute Gasteiger partial charge is 0.481 e. The van der Waals surface area contributed by atoms with E-state index in [-0.39, 0.29) is 39.1 Å². The topological polar surface area (TPSA) is 82.5 Å². The molecule has 3 N–H and O–H groups in total. The summed E-state index contributed by atoms with van der Waals surface area (Å²) in [6, 6.07) is 6.23. The number of aliphatic hydroxyl groups excluding tert-OH is 1. The highest BCUT2D eigenvalue weighted by molar-refractivity contribution is 9.10. The van der Waals surface area contributed by atoms with Crippen molar-refractivity contribution in [1.82, 2.24) is 4.98 Å². The first-order chi connectivity index (χ1) is 21.1. The molecule has 0 saturated heterocycles. The maximum absolute atomic E-state index is 13.1. The van der Waals surface area contributed by atoms with Gasteiger partial charge in [0.15, 0.2) is 5.13 Å². The molecule has 1 heterocycles. The van der Waals surface area contributed by atoms with Gasteiger partial charge in [0, 0.05) is 16.4 Å². The molecular formula is C38H53BrN2O3S. The van der Waals surface area contributed by atoms with Gasteiger partial charge >= 0.3 is 5.97 Å². The van der Waals surface area contributed by atoms with E-state index in [2.05, 4.69) is 81.0 Å². The van der Waals surface area contributed by atoms with Crippen molar-refractivity contribution in [3.05, 3.63) is 34.3 Å². The number of nitrogens with zero attached hydrogens (tertiary/aromatic N) is 1. The van der Waals surface area contributed by atoms with Crippen molar-refractivity contribution < 1.29 is 15.0 Å². The molecule has 9 atom stereocenters. The van der Waals surface area contributed by atoms with Crippen molar-refractivity contribution in [2.75, 3.05) is 11.9 Å². The minimum absolute atomic E-state index is 0.0159. The molecule has 7 rings (SSSR count). The Labute approximate surface area is 282 Å². The van der Waals surface area contributed by atoms with Crippen LogP contribution in [0.2, 0.25) is 0 Å². The molecule has 2 unspecified atom stereocenters. The Morgan fingerprint density at radius 2 is 1.73 bits per heavy atom. The Balaban J connectivity index is 1.21. The monoisotopic (exact) mass is 696 g/mol. The summed E-state index contributed by atoms with van der Waals surface area (Å²) in [4.78, 5) is 18.0. The predicted molar refractivity (Wildman–Crippen MR) is 187 cm³/mol. The highest BCUT2D eigenvalue weighted by atomic mass is 79.9. The standard InChI is InChI=1S/C38H53BrN2O3S/c1-33(2)14-11-25-24-8-10-29-34(3)15-13-30(42)35(4,22-40-32-41-26-9-7-23(39)21-27(26)45-32)28(34)12-16-37(29,6)36(24,5)18-20-38(25,19-17-33)31(43)44/h7-9,21,25,28-30,42H,10-20,22H2,1-6H3,(H,40,41)(H,43,44)/t25-,28?,29?,30+,34+,35+,36-,37-,38+/m1/s1. The van der Waals surface area contributed by atoms with Crippen molar-refractivity contribution >= 4 is 48.6 Å². The predicted octanol–water partition coefficient (Wildman–Crippen LogP) is 10.1. The number of fused-ring (bicyclic) bond motifs is 8. The number of allylic oxidation sites excluding steroid dienone is 2. The zero-order valence-corrected chi connectivity index (χ0v) is 30.5. The fourth-order valence-electron chi connectivity index (χ4n) is 12.0. The number of aromatic nitrogens is 1. The van der Waals surface area contributed by atoms with Crippen LogP contribution in [0.3, 0.4) is 0 Å². The maximum atomic E-state index is 13.1. The first-order valence-corrected chi connectivity index (χ1v) is 19.1. The van der Waals surface area contributed by atoms with Crippen LogP contribution in [0.25, 0.3) is 10.2 Å². The number of hydrogen-bond acceptors (Lipinski definition) is 5. The first-order valence-electron chi connectivity index (χ1n) is 17.5. The van der Waals surface area contributed by atoms with Gasteiger partial charge in [-0.1, -0.05) is 80.5 Å². The number of hydrogen-bond donors (Lipinski definition) is 3. The quantitative estimate of drug-likeness (QED) is 0.277. The van der Waals surface area contributed by atoms with Crippen LogP contribution in [-0.2, 0) is 4.79 Å². The number of halogens is 1. The smallest absolute Gasteiger partial charge is 0.310 e. The van der Waals surface area contributed by atoms with Crippen LogP contribution in [0.1, 0.15) is 112 Å². The van der Waals surface area contributed by atoms with Gasteiger partial charge in [-0.25, -0.2) is 4.98 Å². The van der Waals surface area contributed by atoms with Crippen molar-refractivity contribution in [3.63, 3.8) is 0 Å². The van der Waals surface area contributed by atoms with Gasteiger partial charge in [-0.2, -0.15) is 0 Å². The second kappa shape index (κ2) is 10.5. The number of thiazole rings is 1. The Kier molecular flexibility index (Phi) is 7.52. The fourth-order valence-corrected chi connectivity index (χ4v) is 13.5. The van der Waals surface area contributed by atoms with Gasteiger partial charge in [-0.15, -0.1) is 0 Å². The number of carboxylic acids is 1. The molecule has 1 aromatic heterocycles. The molecule has 0 amide bonds. The van der Waals surface area contributed by atoms with Crippen LogP contribution in [0, 0.1) is 50.2 Å². The summed E-state index contributed by atoms with van der Waals surface area (Å²) < 4.78 is 2.22. The fraction of sp³-hybridized carbons (Fsp3) is 0.737. The van der Waals surface area contributed by atoms with Gasteiger partial charge in [0.05, 0.1) is 21.7 Å². The molecule has 0 bridgehead atoms. The normalized spacial score (nSPS) is 44.0. The molecular weight excluding hydrogens is 644 g/mol. The molecule has 5 nitrogen and oxygen atoms in total. The SMILES string of the molecule is CC1(C)CC[C@@H]2C3=CCC4[C@@]5(C)CC[C@H](O)[C@@](C)(CNc6nc7ccc(Br)cc7s6)C5CC[C@@]4(C)[C@]3(C)CC[C@@]2(C(=O)O)CC1. The molecule has 4 fully saturated rings. The summed E-state index contributed by atoms with van der Waals surface area (Å²) in [5.74, 6) is 0.516. The molecule has 7 heteroatoms. The van der Waals surface area contributed by atoms with Crippen molar-refractivity contribution in [2.24, 2.45) is 50.2 Å². The molecule has 246 valence electrons. The van der Waals surface area contributed by atoms with Crippen LogP contribution in [0.5, 0.6) is 0 Å². The van der Waals surface area contributed by atoms with E-state index in [1.807, 2.05) is 6.07 Å². The lowest BCUT2D eigenvalue weighted by atomic mass is 9.34. The summed E-state index contributed by atoms with van der Waals surface area (Å²) in [6.07, 6.45) is 13.1. The van der Waals surface area contributed by atoms with Crippen molar-refractivity contribution in [2.45, 2.75) is 118 Å². The van der Waals surface area contributed by atoms with E-state index in [0.717, 1.165) is 97.0 Å². The molecule has 2 aromatic rings. The van der Waals surface area contributed by atoms with E-state index in [4.69, 9.17) is 4.98 Å². The van der Waals surface area contributed by atoms with Gasteiger partial charge in [-0.3, -0.25) is 4.79 Å². The molecule has 0 aliphatic heterocycles. The molecule has 4 saturated carbocycles. The first kappa shape index (κ1) is 32.1. The number of nitrogens with one attached hydrogen (secondary N) is 1.